The van der Waals surface area contributed by atoms with Gasteiger partial charge in [-0.15, -0.1) is 0 Å². The van der Waals surface area contributed by atoms with Gasteiger partial charge in [0.25, 0.3) is 0 Å². The fourth-order valence-electron chi connectivity index (χ4n) is 2.47. The Morgan fingerprint density at radius 3 is 2.19 bits per heavy atom. The average molecular weight is 346 g/mol. The van der Waals surface area contributed by atoms with Crippen LogP contribution < -0.4 is 10.1 Å². The zero-order valence-electron chi connectivity index (χ0n) is 15.1. The molecule has 0 aliphatic rings. The zero-order chi connectivity index (χ0) is 18.8. The third-order valence-electron chi connectivity index (χ3n) is 3.66. The van der Waals surface area contributed by atoms with E-state index in [0.717, 1.165) is 22.4 Å². The van der Waals surface area contributed by atoms with E-state index in [1.54, 1.807) is 0 Å². The predicted molar refractivity (Wildman–Crippen MR) is 102 cm³/mol. The quantitative estimate of drug-likeness (QED) is 0.815. The zero-order valence-corrected chi connectivity index (χ0v) is 15.1. The Balaban J connectivity index is 1.93. The monoisotopic (exact) mass is 346 g/mol. The summed E-state index contributed by atoms with van der Waals surface area (Å²) in [5, 5.41) is 11.3. The molecule has 0 fully saturated rings. The number of carbonyl (C=O) groups is 1. The number of hydrogen-bond donors (Lipinski definition) is 1. The van der Waals surface area contributed by atoms with Crippen molar-refractivity contribution in [2.75, 3.05) is 6.61 Å². The SMILES string of the molecule is CCOc1ccc(C#Cc2ccc(CC(C)NC(=O)CC#N)cc2)cc1. The maximum atomic E-state index is 11.4. The van der Waals surface area contributed by atoms with Crippen molar-refractivity contribution < 1.29 is 9.53 Å². The molecule has 0 aliphatic carbocycles. The number of benzene rings is 2. The number of rotatable bonds is 6. The highest BCUT2D eigenvalue weighted by molar-refractivity contribution is 5.78. The summed E-state index contributed by atoms with van der Waals surface area (Å²) in [5.41, 5.74) is 2.98. The van der Waals surface area contributed by atoms with Gasteiger partial charge in [0.2, 0.25) is 5.91 Å². The molecule has 0 radical (unpaired) electrons. The average Bonchev–Trinajstić information content (AvgIpc) is 2.62. The molecule has 2 aromatic carbocycles. The topological polar surface area (TPSA) is 62.1 Å². The minimum absolute atomic E-state index is 0.0170. The number of amides is 1. The van der Waals surface area contributed by atoms with Gasteiger partial charge < -0.3 is 10.1 Å². The third-order valence-corrected chi connectivity index (χ3v) is 3.66. The normalized spacial score (nSPS) is 10.8. The third kappa shape index (κ3) is 6.34. The van der Waals surface area contributed by atoms with Crippen LogP contribution in [0.2, 0.25) is 0 Å². The van der Waals surface area contributed by atoms with E-state index >= 15 is 0 Å². The number of nitrogens with zero attached hydrogens (tertiary/aromatic N) is 1. The molecular formula is C22H22N2O2. The van der Waals surface area contributed by atoms with E-state index in [0.29, 0.717) is 13.0 Å². The van der Waals surface area contributed by atoms with E-state index in [4.69, 9.17) is 10.00 Å². The minimum Gasteiger partial charge on any atom is -0.494 e. The van der Waals surface area contributed by atoms with E-state index in [2.05, 4.69) is 17.2 Å². The summed E-state index contributed by atoms with van der Waals surface area (Å²) in [7, 11) is 0. The Bertz CT molecular complexity index is 822. The molecule has 0 aromatic heterocycles. The highest BCUT2D eigenvalue weighted by Gasteiger charge is 2.07. The first-order valence-electron chi connectivity index (χ1n) is 8.61. The second-order valence-electron chi connectivity index (χ2n) is 5.91. The van der Waals surface area contributed by atoms with Gasteiger partial charge in [0, 0.05) is 17.2 Å². The van der Waals surface area contributed by atoms with Crippen LogP contribution in [-0.4, -0.2) is 18.6 Å². The lowest BCUT2D eigenvalue weighted by Crippen LogP contribution is -2.33. The fraction of sp³-hybridized carbons (Fsp3) is 0.273. The molecule has 1 N–H and O–H groups in total. The summed E-state index contributed by atoms with van der Waals surface area (Å²) in [4.78, 5) is 11.4. The molecule has 0 aliphatic heterocycles. The van der Waals surface area contributed by atoms with Crippen molar-refractivity contribution in [2.45, 2.75) is 32.7 Å². The number of nitriles is 1. The lowest BCUT2D eigenvalue weighted by molar-refractivity contribution is -0.120. The van der Waals surface area contributed by atoms with Crippen LogP contribution in [0.25, 0.3) is 0 Å². The summed E-state index contributed by atoms with van der Waals surface area (Å²) >= 11 is 0. The number of nitrogens with one attached hydrogen (secondary N) is 1. The summed E-state index contributed by atoms with van der Waals surface area (Å²) in [6.07, 6.45) is 0.605. The number of ether oxygens (including phenoxy) is 1. The van der Waals surface area contributed by atoms with Gasteiger partial charge in [-0.05, 0) is 62.2 Å². The number of hydrogen-bond acceptors (Lipinski definition) is 3. The van der Waals surface area contributed by atoms with Crippen molar-refractivity contribution in [3.05, 3.63) is 65.2 Å². The molecule has 132 valence electrons. The van der Waals surface area contributed by atoms with Crippen molar-refractivity contribution >= 4 is 5.91 Å². The van der Waals surface area contributed by atoms with E-state index in [1.165, 1.54) is 0 Å². The molecule has 26 heavy (non-hydrogen) atoms. The van der Waals surface area contributed by atoms with E-state index in [9.17, 15) is 4.79 Å². The highest BCUT2D eigenvalue weighted by Crippen LogP contribution is 2.12. The fourth-order valence-corrected chi connectivity index (χ4v) is 2.47. The molecule has 1 unspecified atom stereocenters. The van der Waals surface area contributed by atoms with Crippen LogP contribution in [-0.2, 0) is 11.2 Å². The molecule has 4 nitrogen and oxygen atoms in total. The van der Waals surface area contributed by atoms with Crippen molar-refractivity contribution in [1.82, 2.24) is 5.32 Å². The van der Waals surface area contributed by atoms with Crippen LogP contribution in [0.1, 0.15) is 37.0 Å². The second-order valence-corrected chi connectivity index (χ2v) is 5.91. The second kappa shape index (κ2) is 9.91. The van der Waals surface area contributed by atoms with Crippen LogP contribution >= 0.6 is 0 Å². The van der Waals surface area contributed by atoms with Gasteiger partial charge in [0.1, 0.15) is 12.2 Å². The standard InChI is InChI=1S/C22H22N2O2/c1-3-26-21-12-10-19(11-13-21)5-4-18-6-8-20(9-7-18)16-17(2)24-22(25)14-15-23/h6-13,17H,3,14,16H2,1-2H3,(H,24,25). The Hall–Kier alpha value is -3.24. The summed E-state index contributed by atoms with van der Waals surface area (Å²) in [6.45, 7) is 4.53. The van der Waals surface area contributed by atoms with E-state index < -0.39 is 0 Å². The lowest BCUT2D eigenvalue weighted by Gasteiger charge is -2.12. The largest absolute Gasteiger partial charge is 0.494 e. The first-order valence-corrected chi connectivity index (χ1v) is 8.61. The van der Waals surface area contributed by atoms with E-state index in [1.807, 2.05) is 68.4 Å². The van der Waals surface area contributed by atoms with Crippen molar-refractivity contribution in [1.29, 1.82) is 5.26 Å². The maximum absolute atomic E-state index is 11.4. The Morgan fingerprint density at radius 2 is 1.65 bits per heavy atom. The van der Waals surface area contributed by atoms with Gasteiger partial charge in [-0.25, -0.2) is 0 Å². The van der Waals surface area contributed by atoms with Crippen LogP contribution in [0.5, 0.6) is 5.75 Å². The molecule has 0 bridgehead atoms. The molecule has 1 atom stereocenters. The number of carbonyl (C=O) groups excluding carboxylic acids is 1. The highest BCUT2D eigenvalue weighted by atomic mass is 16.5. The van der Waals surface area contributed by atoms with Gasteiger partial charge in [0.05, 0.1) is 12.7 Å². The first kappa shape index (κ1) is 19.1. The Kier molecular flexibility index (Phi) is 7.28. The molecule has 2 aromatic rings. The molecule has 0 spiro atoms. The Morgan fingerprint density at radius 1 is 1.08 bits per heavy atom. The van der Waals surface area contributed by atoms with Crippen molar-refractivity contribution in [3.63, 3.8) is 0 Å². The predicted octanol–water partition coefficient (Wildman–Crippen LogP) is 3.45. The molecule has 0 saturated carbocycles. The van der Waals surface area contributed by atoms with Crippen LogP contribution in [0, 0.1) is 23.2 Å². The summed E-state index contributed by atoms with van der Waals surface area (Å²) in [5.74, 6) is 6.89. The van der Waals surface area contributed by atoms with Gasteiger partial charge in [-0.1, -0.05) is 24.0 Å². The van der Waals surface area contributed by atoms with Crippen molar-refractivity contribution in [2.24, 2.45) is 0 Å². The lowest BCUT2D eigenvalue weighted by atomic mass is 10.0. The Labute approximate surface area is 154 Å². The molecule has 0 heterocycles. The van der Waals surface area contributed by atoms with E-state index in [-0.39, 0.29) is 18.4 Å². The van der Waals surface area contributed by atoms with Gasteiger partial charge in [-0.2, -0.15) is 5.26 Å². The van der Waals surface area contributed by atoms with Crippen LogP contribution in [0.4, 0.5) is 0 Å². The molecular weight excluding hydrogens is 324 g/mol. The summed E-state index contributed by atoms with van der Waals surface area (Å²) in [6, 6.07) is 17.5. The van der Waals surface area contributed by atoms with Crippen LogP contribution in [0.15, 0.2) is 48.5 Å². The maximum Gasteiger partial charge on any atom is 0.234 e. The van der Waals surface area contributed by atoms with Crippen molar-refractivity contribution in [3.8, 4) is 23.7 Å². The van der Waals surface area contributed by atoms with Gasteiger partial charge in [-0.3, -0.25) is 4.79 Å². The summed E-state index contributed by atoms with van der Waals surface area (Å²) < 4.78 is 5.42. The molecule has 4 heteroatoms. The van der Waals surface area contributed by atoms with Crippen LogP contribution in [0.3, 0.4) is 0 Å². The molecule has 2 rings (SSSR count). The van der Waals surface area contributed by atoms with Gasteiger partial charge >= 0.3 is 0 Å². The minimum atomic E-state index is -0.238. The smallest absolute Gasteiger partial charge is 0.234 e. The first-order chi connectivity index (χ1) is 12.6. The molecule has 1 amide bonds. The molecule has 0 saturated heterocycles. The van der Waals surface area contributed by atoms with Gasteiger partial charge in [0.15, 0.2) is 0 Å².